The van der Waals surface area contributed by atoms with Crippen molar-refractivity contribution in [2.24, 2.45) is 11.8 Å². The molecule has 2 aromatic carbocycles. The second kappa shape index (κ2) is 10.8. The van der Waals surface area contributed by atoms with Crippen molar-refractivity contribution in [3.63, 3.8) is 0 Å². The maximum atomic E-state index is 13.2. The molecular weight excluding hydrogens is 440 g/mol. The molecule has 0 aromatic heterocycles. The Labute approximate surface area is 208 Å². The van der Waals surface area contributed by atoms with Crippen molar-refractivity contribution in [3.05, 3.63) is 42.0 Å². The Bertz CT molecular complexity index is 1100. The third kappa shape index (κ3) is 5.85. The quantitative estimate of drug-likeness (QED) is 0.568. The molecule has 2 atom stereocenters. The maximum Gasteiger partial charge on any atom is 0.222 e. The average Bonchev–Trinajstić information content (AvgIpc) is 3.23. The molecule has 6 nitrogen and oxygen atoms in total. The van der Waals surface area contributed by atoms with E-state index in [9.17, 15) is 14.4 Å². The Kier molecular flexibility index (Phi) is 7.78. The van der Waals surface area contributed by atoms with E-state index in [4.69, 9.17) is 4.74 Å². The number of methoxy groups -OCH3 is 1. The van der Waals surface area contributed by atoms with Crippen molar-refractivity contribution < 1.29 is 19.1 Å². The fourth-order valence-corrected chi connectivity index (χ4v) is 5.75. The average molecular weight is 479 g/mol. The van der Waals surface area contributed by atoms with Crippen LogP contribution in [0, 0.1) is 11.8 Å². The number of carbonyl (C=O) groups is 3. The molecule has 0 spiro atoms. The summed E-state index contributed by atoms with van der Waals surface area (Å²) in [7, 11) is 1.67. The van der Waals surface area contributed by atoms with E-state index in [0.717, 1.165) is 41.3 Å². The topological polar surface area (TPSA) is 75.7 Å². The van der Waals surface area contributed by atoms with Crippen LogP contribution in [0.2, 0.25) is 0 Å². The molecule has 2 aromatic rings. The van der Waals surface area contributed by atoms with E-state index >= 15 is 0 Å². The standard InChI is InChI=1S/C29H38N2O4/c1-20(2)17-25(32)22-7-6-16-31(19-22)28(34)13-15-29(14-12-27(33)30-29)18-21-10-11-26(35-3)24-9-5-4-8-23(21)24/h4-5,8-11,20,22H,6-7,12-19H2,1-3H3,(H,30,33). The summed E-state index contributed by atoms with van der Waals surface area (Å²) in [5.74, 6) is 1.55. The lowest BCUT2D eigenvalue weighted by atomic mass is 9.83. The molecule has 6 heteroatoms. The predicted octanol–water partition coefficient (Wildman–Crippen LogP) is 4.67. The van der Waals surface area contributed by atoms with Crippen LogP contribution in [0.25, 0.3) is 10.8 Å². The molecule has 0 aliphatic carbocycles. The minimum absolute atomic E-state index is 0.0408. The molecule has 2 saturated heterocycles. The summed E-state index contributed by atoms with van der Waals surface area (Å²) >= 11 is 0. The minimum Gasteiger partial charge on any atom is -0.496 e. The van der Waals surface area contributed by atoms with E-state index in [1.165, 1.54) is 0 Å². The van der Waals surface area contributed by atoms with Crippen LogP contribution in [-0.4, -0.2) is 48.2 Å². The summed E-state index contributed by atoms with van der Waals surface area (Å²) in [4.78, 5) is 40.0. The lowest BCUT2D eigenvalue weighted by Gasteiger charge is -2.34. The molecule has 2 aliphatic rings. The number of fused-ring (bicyclic) bond motifs is 1. The monoisotopic (exact) mass is 478 g/mol. The van der Waals surface area contributed by atoms with Gasteiger partial charge in [-0.25, -0.2) is 0 Å². The third-order valence-corrected chi connectivity index (χ3v) is 7.61. The van der Waals surface area contributed by atoms with Gasteiger partial charge in [0.1, 0.15) is 11.5 Å². The van der Waals surface area contributed by atoms with E-state index in [-0.39, 0.29) is 23.5 Å². The number of amides is 2. The van der Waals surface area contributed by atoms with E-state index < -0.39 is 5.54 Å². The normalized spacial score (nSPS) is 22.5. The fraction of sp³-hybridized carbons (Fsp3) is 0.552. The van der Waals surface area contributed by atoms with Crippen LogP contribution < -0.4 is 10.1 Å². The highest BCUT2D eigenvalue weighted by molar-refractivity contribution is 5.91. The summed E-state index contributed by atoms with van der Waals surface area (Å²) in [5.41, 5.74) is 0.709. The Morgan fingerprint density at radius 3 is 2.63 bits per heavy atom. The molecule has 0 saturated carbocycles. The molecule has 35 heavy (non-hydrogen) atoms. The minimum atomic E-state index is -0.438. The van der Waals surface area contributed by atoms with Crippen molar-refractivity contribution >= 4 is 28.4 Å². The van der Waals surface area contributed by atoms with Crippen LogP contribution in [-0.2, 0) is 20.8 Å². The predicted molar refractivity (Wildman–Crippen MR) is 137 cm³/mol. The van der Waals surface area contributed by atoms with Crippen molar-refractivity contribution in [3.8, 4) is 5.75 Å². The van der Waals surface area contributed by atoms with Gasteiger partial charge in [0.05, 0.1) is 7.11 Å². The van der Waals surface area contributed by atoms with Gasteiger partial charge in [0, 0.05) is 49.2 Å². The number of hydrogen-bond donors (Lipinski definition) is 1. The number of carbonyl (C=O) groups excluding carboxylic acids is 3. The zero-order valence-electron chi connectivity index (χ0n) is 21.3. The van der Waals surface area contributed by atoms with Crippen LogP contribution in [0.15, 0.2) is 36.4 Å². The van der Waals surface area contributed by atoms with Gasteiger partial charge >= 0.3 is 0 Å². The number of Topliss-reactive ketones (excluding diaryl/α,β-unsaturated/α-hetero) is 1. The number of nitrogens with one attached hydrogen (secondary N) is 1. The number of nitrogens with zero attached hydrogens (tertiary/aromatic N) is 1. The van der Waals surface area contributed by atoms with Crippen molar-refractivity contribution in [1.29, 1.82) is 0 Å². The molecule has 4 rings (SSSR count). The summed E-state index contributed by atoms with van der Waals surface area (Å²) in [6.45, 7) is 5.37. The lowest BCUT2D eigenvalue weighted by molar-refractivity contribution is -0.136. The van der Waals surface area contributed by atoms with Crippen LogP contribution >= 0.6 is 0 Å². The van der Waals surface area contributed by atoms with Gasteiger partial charge in [0.25, 0.3) is 0 Å². The molecule has 2 aliphatic heterocycles. The van der Waals surface area contributed by atoms with Gasteiger partial charge in [-0.05, 0) is 55.0 Å². The molecule has 188 valence electrons. The third-order valence-electron chi connectivity index (χ3n) is 7.61. The number of ketones is 1. The van der Waals surface area contributed by atoms with Gasteiger partial charge in [-0.3, -0.25) is 14.4 Å². The SMILES string of the molecule is COc1ccc(CC2(CCC(=O)N3CCCC(C(=O)CC(C)C)C3)CCC(=O)N2)c2ccccc12. The van der Waals surface area contributed by atoms with Crippen LogP contribution in [0.1, 0.15) is 64.4 Å². The summed E-state index contributed by atoms with van der Waals surface area (Å²) in [6, 6.07) is 12.2. The Morgan fingerprint density at radius 2 is 1.94 bits per heavy atom. The smallest absolute Gasteiger partial charge is 0.222 e. The van der Waals surface area contributed by atoms with Gasteiger partial charge in [0.15, 0.2) is 0 Å². The molecule has 2 amide bonds. The molecule has 1 N–H and O–H groups in total. The zero-order valence-corrected chi connectivity index (χ0v) is 21.3. The second-order valence-corrected chi connectivity index (χ2v) is 10.7. The molecule has 2 heterocycles. The fourth-order valence-electron chi connectivity index (χ4n) is 5.75. The highest BCUT2D eigenvalue weighted by atomic mass is 16.5. The molecular formula is C29H38N2O4. The second-order valence-electron chi connectivity index (χ2n) is 10.7. The Balaban J connectivity index is 1.46. The summed E-state index contributed by atoms with van der Waals surface area (Å²) < 4.78 is 5.54. The molecule has 0 bridgehead atoms. The first-order chi connectivity index (χ1) is 16.8. The largest absolute Gasteiger partial charge is 0.496 e. The summed E-state index contributed by atoms with van der Waals surface area (Å²) in [6.07, 6.45) is 5.18. The Morgan fingerprint density at radius 1 is 1.17 bits per heavy atom. The number of likely N-dealkylation sites (tertiary alicyclic amines) is 1. The number of benzene rings is 2. The zero-order chi connectivity index (χ0) is 25.0. The number of piperidine rings is 1. The maximum absolute atomic E-state index is 13.2. The van der Waals surface area contributed by atoms with E-state index in [1.807, 2.05) is 23.1 Å². The molecule has 2 fully saturated rings. The lowest BCUT2D eigenvalue weighted by Crippen LogP contribution is -2.46. The number of hydrogen-bond acceptors (Lipinski definition) is 4. The van der Waals surface area contributed by atoms with Crippen molar-refractivity contribution in [2.45, 2.75) is 70.8 Å². The van der Waals surface area contributed by atoms with E-state index in [0.29, 0.717) is 51.1 Å². The van der Waals surface area contributed by atoms with Gasteiger partial charge < -0.3 is 15.0 Å². The van der Waals surface area contributed by atoms with Gasteiger partial charge in [-0.2, -0.15) is 0 Å². The van der Waals surface area contributed by atoms with Crippen LogP contribution in [0.4, 0.5) is 0 Å². The van der Waals surface area contributed by atoms with E-state index in [1.54, 1.807) is 7.11 Å². The first-order valence-corrected chi connectivity index (χ1v) is 13.0. The number of ether oxygens (including phenoxy) is 1. The summed E-state index contributed by atoms with van der Waals surface area (Å²) in [5, 5.41) is 5.38. The first-order valence-electron chi connectivity index (χ1n) is 13.0. The number of rotatable bonds is 9. The Hall–Kier alpha value is -2.89. The van der Waals surface area contributed by atoms with Crippen molar-refractivity contribution in [1.82, 2.24) is 10.2 Å². The highest BCUT2D eigenvalue weighted by Gasteiger charge is 2.39. The highest BCUT2D eigenvalue weighted by Crippen LogP contribution is 2.35. The molecule has 0 radical (unpaired) electrons. The van der Waals surface area contributed by atoms with Gasteiger partial charge in [-0.1, -0.05) is 44.2 Å². The van der Waals surface area contributed by atoms with Crippen LogP contribution in [0.5, 0.6) is 5.75 Å². The van der Waals surface area contributed by atoms with E-state index in [2.05, 4.69) is 37.4 Å². The van der Waals surface area contributed by atoms with Gasteiger partial charge in [0.2, 0.25) is 11.8 Å². The molecule has 2 unspecified atom stereocenters. The first kappa shape index (κ1) is 25.2. The van der Waals surface area contributed by atoms with Gasteiger partial charge in [-0.15, -0.1) is 0 Å². The van der Waals surface area contributed by atoms with Crippen LogP contribution in [0.3, 0.4) is 0 Å². The van der Waals surface area contributed by atoms with Crippen molar-refractivity contribution in [2.75, 3.05) is 20.2 Å².